The molecule has 2 aromatic rings. The van der Waals surface area contributed by atoms with E-state index in [2.05, 4.69) is 36.8 Å². The van der Waals surface area contributed by atoms with Crippen LogP contribution in [0.3, 0.4) is 0 Å². The van der Waals surface area contributed by atoms with E-state index in [1.807, 2.05) is 0 Å². The highest BCUT2D eigenvalue weighted by molar-refractivity contribution is 9.10. The number of pyridine rings is 1. The number of halogens is 6. The molecule has 8 heteroatoms. The molecule has 1 heterocycles. The smallest absolute Gasteiger partial charge is 0.421 e. The van der Waals surface area contributed by atoms with Crippen LogP contribution in [-0.4, -0.2) is 4.98 Å². The highest BCUT2D eigenvalue weighted by Crippen LogP contribution is 2.39. The highest BCUT2D eigenvalue weighted by Gasteiger charge is 2.36. The van der Waals surface area contributed by atoms with Crippen LogP contribution in [0, 0.1) is 5.82 Å². The Morgan fingerprint density at radius 3 is 2.40 bits per heavy atom. The molecule has 0 saturated carbocycles. The Morgan fingerprint density at radius 2 is 1.80 bits per heavy atom. The molecule has 0 aliphatic carbocycles. The summed E-state index contributed by atoms with van der Waals surface area (Å²) in [6.45, 7) is 0. The summed E-state index contributed by atoms with van der Waals surface area (Å²) in [4.78, 5) is 3.60. The zero-order valence-electron chi connectivity index (χ0n) is 9.51. The van der Waals surface area contributed by atoms with Gasteiger partial charge in [0, 0.05) is 10.7 Å². The third-order valence-electron chi connectivity index (χ3n) is 2.22. The number of hydrogen-bond donors (Lipinski definition) is 0. The SMILES string of the molecule is Fc1ccc(Oc2ncc(Br)cc2C(F)(F)F)c(Br)c1. The standard InChI is InChI=1S/C12H5Br2F4NO/c13-6-3-8(12(16,17)18)11(19-5-6)20-10-2-1-7(15)4-9(10)14/h1-5H. The van der Waals surface area contributed by atoms with Gasteiger partial charge in [-0.15, -0.1) is 0 Å². The number of aromatic nitrogens is 1. The van der Waals surface area contributed by atoms with Gasteiger partial charge in [0.05, 0.1) is 4.47 Å². The zero-order valence-corrected chi connectivity index (χ0v) is 12.7. The molecule has 0 unspecified atom stereocenters. The van der Waals surface area contributed by atoms with E-state index in [0.29, 0.717) is 0 Å². The molecule has 0 saturated heterocycles. The van der Waals surface area contributed by atoms with Gasteiger partial charge in [-0.1, -0.05) is 0 Å². The van der Waals surface area contributed by atoms with Crippen LogP contribution in [0.25, 0.3) is 0 Å². The van der Waals surface area contributed by atoms with Gasteiger partial charge in [-0.2, -0.15) is 13.2 Å². The number of benzene rings is 1. The van der Waals surface area contributed by atoms with E-state index in [-0.39, 0.29) is 14.7 Å². The summed E-state index contributed by atoms with van der Waals surface area (Å²) < 4.78 is 57.0. The Morgan fingerprint density at radius 1 is 1.10 bits per heavy atom. The van der Waals surface area contributed by atoms with Crippen molar-refractivity contribution in [3.05, 3.63) is 50.8 Å². The predicted octanol–water partition coefficient (Wildman–Crippen LogP) is 5.56. The molecular weight excluding hydrogens is 410 g/mol. The largest absolute Gasteiger partial charge is 0.437 e. The first-order valence-electron chi connectivity index (χ1n) is 5.13. The van der Waals surface area contributed by atoms with Crippen molar-refractivity contribution in [1.29, 1.82) is 0 Å². The van der Waals surface area contributed by atoms with Crippen LogP contribution < -0.4 is 4.74 Å². The second-order valence-corrected chi connectivity index (χ2v) is 5.45. The lowest BCUT2D eigenvalue weighted by molar-refractivity contribution is -0.138. The number of rotatable bonds is 2. The maximum absolute atomic E-state index is 12.9. The number of hydrogen-bond acceptors (Lipinski definition) is 2. The molecule has 0 atom stereocenters. The van der Waals surface area contributed by atoms with E-state index in [1.165, 1.54) is 12.3 Å². The van der Waals surface area contributed by atoms with Gasteiger partial charge in [-0.3, -0.25) is 0 Å². The lowest BCUT2D eigenvalue weighted by atomic mass is 10.2. The number of nitrogens with zero attached hydrogens (tertiary/aromatic N) is 1. The van der Waals surface area contributed by atoms with Gasteiger partial charge < -0.3 is 4.74 Å². The first-order valence-corrected chi connectivity index (χ1v) is 6.71. The molecule has 0 radical (unpaired) electrons. The Kier molecular flexibility index (Phi) is 4.33. The van der Waals surface area contributed by atoms with Crippen molar-refractivity contribution in [2.75, 3.05) is 0 Å². The third kappa shape index (κ3) is 3.49. The summed E-state index contributed by atoms with van der Waals surface area (Å²) in [7, 11) is 0. The molecule has 106 valence electrons. The Labute approximate surface area is 128 Å². The van der Waals surface area contributed by atoms with Gasteiger partial charge in [0.25, 0.3) is 0 Å². The quantitative estimate of drug-likeness (QED) is 0.600. The van der Waals surface area contributed by atoms with Crippen LogP contribution in [0.1, 0.15) is 5.56 Å². The molecule has 0 aliphatic rings. The summed E-state index contributed by atoms with van der Waals surface area (Å²) in [5.74, 6) is -1.11. The lowest BCUT2D eigenvalue weighted by Crippen LogP contribution is -2.08. The maximum atomic E-state index is 12.9. The first kappa shape index (κ1) is 15.2. The van der Waals surface area contributed by atoms with Crippen molar-refractivity contribution >= 4 is 31.9 Å². The topological polar surface area (TPSA) is 22.1 Å². The zero-order chi connectivity index (χ0) is 14.9. The summed E-state index contributed by atoms with van der Waals surface area (Å²) in [5.41, 5.74) is -1.02. The minimum atomic E-state index is -4.61. The molecule has 0 aliphatic heterocycles. The van der Waals surface area contributed by atoms with Crippen LogP contribution in [0.4, 0.5) is 17.6 Å². The summed E-state index contributed by atoms with van der Waals surface area (Å²) >= 11 is 5.93. The predicted molar refractivity (Wildman–Crippen MR) is 71.1 cm³/mol. The van der Waals surface area contributed by atoms with Gasteiger partial charge in [0.2, 0.25) is 5.88 Å². The molecule has 2 rings (SSSR count). The Balaban J connectivity index is 2.43. The van der Waals surface area contributed by atoms with Crippen molar-refractivity contribution in [2.24, 2.45) is 0 Å². The van der Waals surface area contributed by atoms with Gasteiger partial charge in [-0.25, -0.2) is 9.37 Å². The highest BCUT2D eigenvalue weighted by atomic mass is 79.9. The first-order chi connectivity index (χ1) is 9.27. The van der Waals surface area contributed by atoms with Gasteiger partial charge in [0.15, 0.2) is 0 Å². The van der Waals surface area contributed by atoms with Crippen molar-refractivity contribution in [1.82, 2.24) is 4.98 Å². The van der Waals surface area contributed by atoms with Crippen molar-refractivity contribution in [2.45, 2.75) is 6.18 Å². The van der Waals surface area contributed by atoms with E-state index in [9.17, 15) is 17.6 Å². The molecule has 0 fully saturated rings. The van der Waals surface area contributed by atoms with E-state index in [1.54, 1.807) is 0 Å². The van der Waals surface area contributed by atoms with Crippen molar-refractivity contribution in [3.63, 3.8) is 0 Å². The van der Waals surface area contributed by atoms with Crippen LogP contribution in [-0.2, 0) is 6.18 Å². The molecular formula is C12H5Br2F4NO. The molecule has 1 aromatic carbocycles. The molecule has 0 N–H and O–H groups in total. The van der Waals surface area contributed by atoms with E-state index in [0.717, 1.165) is 18.2 Å². The fourth-order valence-corrected chi connectivity index (χ4v) is 2.14. The van der Waals surface area contributed by atoms with Crippen LogP contribution in [0.15, 0.2) is 39.4 Å². The summed E-state index contributed by atoms with van der Waals surface area (Å²) in [6.07, 6.45) is -3.43. The minimum absolute atomic E-state index is 0.0340. The molecule has 0 amide bonds. The van der Waals surface area contributed by atoms with Crippen molar-refractivity contribution < 1.29 is 22.3 Å². The molecule has 0 spiro atoms. The van der Waals surface area contributed by atoms with Crippen LogP contribution in [0.2, 0.25) is 0 Å². The van der Waals surface area contributed by atoms with Gasteiger partial charge in [-0.05, 0) is 56.1 Å². The monoisotopic (exact) mass is 413 g/mol. The minimum Gasteiger partial charge on any atom is -0.437 e. The molecule has 0 bridgehead atoms. The molecule has 20 heavy (non-hydrogen) atoms. The van der Waals surface area contributed by atoms with E-state index < -0.39 is 23.4 Å². The average molecular weight is 415 g/mol. The lowest BCUT2D eigenvalue weighted by Gasteiger charge is -2.13. The molecule has 1 aromatic heterocycles. The fraction of sp³-hybridized carbons (Fsp3) is 0.0833. The fourth-order valence-electron chi connectivity index (χ4n) is 1.37. The van der Waals surface area contributed by atoms with E-state index in [4.69, 9.17) is 4.74 Å². The normalized spacial score (nSPS) is 11.5. The van der Waals surface area contributed by atoms with Gasteiger partial charge >= 0.3 is 6.18 Å². The number of ether oxygens (including phenoxy) is 1. The summed E-state index contributed by atoms with van der Waals surface area (Å²) in [6, 6.07) is 4.23. The number of alkyl halides is 3. The average Bonchev–Trinajstić information content (AvgIpc) is 2.33. The second-order valence-electron chi connectivity index (χ2n) is 3.68. The third-order valence-corrected chi connectivity index (χ3v) is 3.28. The van der Waals surface area contributed by atoms with E-state index >= 15 is 0 Å². The Bertz CT molecular complexity index is 646. The van der Waals surface area contributed by atoms with Crippen molar-refractivity contribution in [3.8, 4) is 11.6 Å². The van der Waals surface area contributed by atoms with Gasteiger partial charge in [0.1, 0.15) is 17.1 Å². The second kappa shape index (κ2) is 5.69. The maximum Gasteiger partial charge on any atom is 0.421 e. The summed E-state index contributed by atoms with van der Waals surface area (Å²) in [5, 5.41) is 0. The van der Waals surface area contributed by atoms with Crippen LogP contribution in [0.5, 0.6) is 11.6 Å². The molecule has 2 nitrogen and oxygen atoms in total. The van der Waals surface area contributed by atoms with Crippen LogP contribution >= 0.6 is 31.9 Å². The Hall–Kier alpha value is -1.15.